The minimum absolute atomic E-state index is 0.329. The Hall–Kier alpha value is -1.84. The third-order valence-corrected chi connectivity index (χ3v) is 0.792. The Morgan fingerprint density at radius 1 is 1.36 bits per heavy atom. The second-order valence-electron chi connectivity index (χ2n) is 2.00. The fourth-order valence-electron chi connectivity index (χ4n) is 0.366. The van der Waals surface area contributed by atoms with Crippen LogP contribution >= 0.6 is 0 Å². The summed E-state index contributed by atoms with van der Waals surface area (Å²) in [5.41, 5.74) is 0. The van der Waals surface area contributed by atoms with Crippen LogP contribution in [0.3, 0.4) is 0 Å². The Labute approximate surface area is 83.2 Å². The smallest absolute Gasteiger partial charge is 0.328 e. The van der Waals surface area contributed by atoms with Crippen molar-refractivity contribution in [1.29, 1.82) is 0 Å². The summed E-state index contributed by atoms with van der Waals surface area (Å²) in [6.45, 7) is 6.30. The molecule has 0 aromatic rings. The molecule has 14 heavy (non-hydrogen) atoms. The Bertz CT molecular complexity index is 239. The van der Waals surface area contributed by atoms with Gasteiger partial charge in [0, 0.05) is 13.0 Å². The molecule has 0 aromatic carbocycles. The number of esters is 1. The Balaban J connectivity index is 0. The van der Waals surface area contributed by atoms with Crippen LogP contribution in [-0.2, 0) is 14.3 Å². The minimum atomic E-state index is -0.914. The quantitative estimate of drug-likeness (QED) is 0.325. The van der Waals surface area contributed by atoms with Crippen molar-refractivity contribution in [2.45, 2.75) is 13.8 Å². The fourth-order valence-corrected chi connectivity index (χ4v) is 0.366. The van der Waals surface area contributed by atoms with E-state index in [1.807, 2.05) is 6.92 Å². The second kappa shape index (κ2) is 11.2. The van der Waals surface area contributed by atoms with Gasteiger partial charge in [-0.1, -0.05) is 24.8 Å². The van der Waals surface area contributed by atoms with Gasteiger partial charge in [0.25, 0.3) is 0 Å². The second-order valence-corrected chi connectivity index (χ2v) is 2.00. The summed E-state index contributed by atoms with van der Waals surface area (Å²) < 4.78 is 4.17. The van der Waals surface area contributed by atoms with Crippen LogP contribution in [0.5, 0.6) is 0 Å². The molecule has 0 aliphatic rings. The topological polar surface area (TPSA) is 63.6 Å². The molecular weight excluding hydrogens is 184 g/mol. The van der Waals surface area contributed by atoms with Crippen molar-refractivity contribution in [3.8, 4) is 0 Å². The molecular formula is C10H14O4. The van der Waals surface area contributed by atoms with Gasteiger partial charge in [-0.2, -0.15) is 0 Å². The first kappa shape index (κ1) is 14.7. The van der Waals surface area contributed by atoms with Crippen LogP contribution in [0.15, 0.2) is 37.1 Å². The molecule has 0 aliphatic heterocycles. The third-order valence-electron chi connectivity index (χ3n) is 0.792. The number of carboxylic acids is 1. The van der Waals surface area contributed by atoms with E-state index in [1.54, 1.807) is 12.2 Å². The standard InChI is InChI=1S/C6H8O2.C4H6O2/c1-2-3-4-5-6(7)8;1-3-6-4(2)5/h2-5H,1H3,(H,7,8);3H,1H2,2H3/b3-2+,5-4+;. The molecule has 0 bridgehead atoms. The lowest BCUT2D eigenvalue weighted by Crippen LogP contribution is -1.87. The monoisotopic (exact) mass is 198 g/mol. The molecule has 0 unspecified atom stereocenters. The molecule has 78 valence electrons. The van der Waals surface area contributed by atoms with Crippen molar-refractivity contribution in [3.63, 3.8) is 0 Å². The van der Waals surface area contributed by atoms with Crippen LogP contribution in [0.25, 0.3) is 0 Å². The molecule has 4 heteroatoms. The average molecular weight is 198 g/mol. The first-order valence-corrected chi connectivity index (χ1v) is 3.85. The summed E-state index contributed by atoms with van der Waals surface area (Å²) >= 11 is 0. The van der Waals surface area contributed by atoms with E-state index >= 15 is 0 Å². The highest BCUT2D eigenvalue weighted by Crippen LogP contribution is 1.74. The fraction of sp³-hybridized carbons (Fsp3) is 0.200. The average Bonchev–Trinajstić information content (AvgIpc) is 2.05. The predicted octanol–water partition coefficient (Wildman–Crippen LogP) is 1.90. The maximum Gasteiger partial charge on any atom is 0.328 e. The zero-order chi connectivity index (χ0) is 11.4. The summed E-state index contributed by atoms with van der Waals surface area (Å²) in [7, 11) is 0. The van der Waals surface area contributed by atoms with Gasteiger partial charge in [0.2, 0.25) is 0 Å². The molecule has 4 nitrogen and oxygen atoms in total. The summed E-state index contributed by atoms with van der Waals surface area (Å²) in [5.74, 6) is -1.24. The van der Waals surface area contributed by atoms with Crippen molar-refractivity contribution >= 4 is 11.9 Å². The maximum atomic E-state index is 9.75. The van der Waals surface area contributed by atoms with E-state index in [2.05, 4.69) is 11.3 Å². The minimum Gasteiger partial charge on any atom is -0.478 e. The normalized spacial score (nSPS) is 9.29. The Morgan fingerprint density at radius 2 is 1.93 bits per heavy atom. The SMILES string of the molecule is C/C=C/C=C/C(=O)O.C=COC(C)=O. The summed E-state index contributed by atoms with van der Waals surface area (Å²) in [5, 5.41) is 8.02. The molecule has 0 radical (unpaired) electrons. The first-order chi connectivity index (χ1) is 6.54. The molecule has 0 fully saturated rings. The van der Waals surface area contributed by atoms with Crippen molar-refractivity contribution < 1.29 is 19.4 Å². The highest BCUT2D eigenvalue weighted by Gasteiger charge is 1.79. The van der Waals surface area contributed by atoms with Crippen molar-refractivity contribution in [1.82, 2.24) is 0 Å². The maximum absolute atomic E-state index is 9.75. The van der Waals surface area contributed by atoms with E-state index in [4.69, 9.17) is 5.11 Å². The zero-order valence-electron chi connectivity index (χ0n) is 8.27. The number of rotatable bonds is 3. The number of ether oxygens (including phenoxy) is 1. The molecule has 0 saturated carbocycles. The highest BCUT2D eigenvalue weighted by molar-refractivity contribution is 5.80. The number of carbonyl (C=O) groups is 2. The Kier molecular flexibility index (Phi) is 11.7. The third kappa shape index (κ3) is 22.5. The number of allylic oxidation sites excluding steroid dienone is 3. The number of carbonyl (C=O) groups excluding carboxylic acids is 1. The van der Waals surface area contributed by atoms with Crippen LogP contribution in [0.4, 0.5) is 0 Å². The van der Waals surface area contributed by atoms with Gasteiger partial charge in [-0.15, -0.1) is 0 Å². The molecule has 0 amide bonds. The van der Waals surface area contributed by atoms with Crippen LogP contribution in [0.1, 0.15) is 13.8 Å². The van der Waals surface area contributed by atoms with Gasteiger partial charge in [-0.3, -0.25) is 4.79 Å². The summed E-state index contributed by atoms with van der Waals surface area (Å²) in [6.07, 6.45) is 7.08. The van der Waals surface area contributed by atoms with Gasteiger partial charge >= 0.3 is 11.9 Å². The van der Waals surface area contributed by atoms with Crippen molar-refractivity contribution in [2.75, 3.05) is 0 Å². The number of aliphatic carboxylic acids is 1. The van der Waals surface area contributed by atoms with Gasteiger partial charge in [0.1, 0.15) is 0 Å². The molecule has 0 atom stereocenters. The number of carboxylic acid groups (broad SMARTS) is 1. The van der Waals surface area contributed by atoms with E-state index in [0.29, 0.717) is 0 Å². The molecule has 0 heterocycles. The predicted molar refractivity (Wildman–Crippen MR) is 53.6 cm³/mol. The molecule has 0 spiro atoms. The van der Waals surface area contributed by atoms with E-state index in [9.17, 15) is 9.59 Å². The van der Waals surface area contributed by atoms with E-state index < -0.39 is 5.97 Å². The van der Waals surface area contributed by atoms with E-state index in [-0.39, 0.29) is 5.97 Å². The molecule has 0 aromatic heterocycles. The molecule has 0 saturated heterocycles. The van der Waals surface area contributed by atoms with Gasteiger partial charge in [-0.25, -0.2) is 4.79 Å². The number of hydrogen-bond donors (Lipinski definition) is 1. The van der Waals surface area contributed by atoms with Gasteiger partial charge in [-0.05, 0) is 6.92 Å². The first-order valence-electron chi connectivity index (χ1n) is 3.85. The lowest BCUT2D eigenvalue weighted by Gasteiger charge is -1.83. The van der Waals surface area contributed by atoms with Gasteiger partial charge in [0.05, 0.1) is 6.26 Å². The lowest BCUT2D eigenvalue weighted by molar-refractivity contribution is -0.135. The van der Waals surface area contributed by atoms with E-state index in [0.717, 1.165) is 12.3 Å². The summed E-state index contributed by atoms with van der Waals surface area (Å²) in [4.78, 5) is 19.5. The zero-order valence-corrected chi connectivity index (χ0v) is 8.27. The Morgan fingerprint density at radius 3 is 2.14 bits per heavy atom. The van der Waals surface area contributed by atoms with Gasteiger partial charge < -0.3 is 9.84 Å². The molecule has 0 aliphatic carbocycles. The van der Waals surface area contributed by atoms with Crippen LogP contribution in [-0.4, -0.2) is 17.0 Å². The number of hydrogen-bond acceptors (Lipinski definition) is 3. The van der Waals surface area contributed by atoms with Crippen LogP contribution in [0, 0.1) is 0 Å². The largest absolute Gasteiger partial charge is 0.478 e. The van der Waals surface area contributed by atoms with Crippen molar-refractivity contribution in [2.24, 2.45) is 0 Å². The molecule has 0 rings (SSSR count). The van der Waals surface area contributed by atoms with Crippen molar-refractivity contribution in [3.05, 3.63) is 37.1 Å². The van der Waals surface area contributed by atoms with Gasteiger partial charge in [0.15, 0.2) is 0 Å². The van der Waals surface area contributed by atoms with Crippen LogP contribution < -0.4 is 0 Å². The summed E-state index contributed by atoms with van der Waals surface area (Å²) in [6, 6.07) is 0. The highest BCUT2D eigenvalue weighted by atomic mass is 16.5. The lowest BCUT2D eigenvalue weighted by atomic mass is 10.4. The van der Waals surface area contributed by atoms with Crippen LogP contribution in [0.2, 0.25) is 0 Å². The van der Waals surface area contributed by atoms with E-state index in [1.165, 1.54) is 13.0 Å². The molecule has 1 N–H and O–H groups in total.